The monoisotopic (exact) mass is 369 g/mol. The highest BCUT2D eigenvalue weighted by atomic mass is 35.5. The second-order valence-corrected chi connectivity index (χ2v) is 7.59. The number of rotatable bonds is 8. The molecule has 1 aliphatic heterocycles. The highest BCUT2D eigenvalue weighted by Crippen LogP contribution is 2.21. The van der Waals surface area contributed by atoms with Gasteiger partial charge in [0.25, 0.3) is 0 Å². The fourth-order valence-electron chi connectivity index (χ4n) is 2.78. The molecular formula is C17H24ClN3O2S. The van der Waals surface area contributed by atoms with Gasteiger partial charge in [0.15, 0.2) is 0 Å². The Labute approximate surface area is 152 Å². The van der Waals surface area contributed by atoms with Crippen LogP contribution in [-0.4, -0.2) is 48.6 Å². The Morgan fingerprint density at radius 2 is 2.08 bits per heavy atom. The second kappa shape index (κ2) is 9.91. The maximum Gasteiger partial charge on any atom is 0.231 e. The number of carbonyl (C=O) groups is 2. The van der Waals surface area contributed by atoms with Crippen LogP contribution in [0, 0.1) is 5.92 Å². The summed E-state index contributed by atoms with van der Waals surface area (Å²) in [4.78, 5) is 26.4. The number of thioether (sulfide) groups is 1. The van der Waals surface area contributed by atoms with Gasteiger partial charge in [0, 0.05) is 23.0 Å². The van der Waals surface area contributed by atoms with Crippen molar-refractivity contribution in [3.8, 4) is 0 Å². The standard InChI is InChI=1S/C17H24ClN3O2S/c18-14-4-6-15(7-5-14)24-10-2-8-20-17(23)13-3-1-9-21(11-13)12-16(19)22/h4-7,13H,1-3,8-12H2,(H2,19,22)(H,20,23)/t13-/m0/s1. The van der Waals surface area contributed by atoms with Crippen molar-refractivity contribution in [1.82, 2.24) is 10.2 Å². The Morgan fingerprint density at radius 1 is 1.33 bits per heavy atom. The summed E-state index contributed by atoms with van der Waals surface area (Å²) in [6, 6.07) is 7.76. The van der Waals surface area contributed by atoms with E-state index in [1.54, 1.807) is 11.8 Å². The number of hydrogen-bond acceptors (Lipinski definition) is 4. The number of nitrogens with zero attached hydrogens (tertiary/aromatic N) is 1. The lowest BCUT2D eigenvalue weighted by Gasteiger charge is -2.30. The van der Waals surface area contributed by atoms with Crippen LogP contribution in [0.3, 0.4) is 0 Å². The smallest absolute Gasteiger partial charge is 0.231 e. The van der Waals surface area contributed by atoms with Crippen molar-refractivity contribution in [2.24, 2.45) is 11.7 Å². The van der Waals surface area contributed by atoms with Crippen LogP contribution in [0.4, 0.5) is 0 Å². The minimum atomic E-state index is -0.338. The summed E-state index contributed by atoms with van der Waals surface area (Å²) in [7, 11) is 0. The van der Waals surface area contributed by atoms with Crippen molar-refractivity contribution in [2.75, 3.05) is 31.9 Å². The molecule has 0 aliphatic carbocycles. The van der Waals surface area contributed by atoms with Gasteiger partial charge in [-0.2, -0.15) is 0 Å². The minimum Gasteiger partial charge on any atom is -0.369 e. The number of amides is 2. The van der Waals surface area contributed by atoms with Gasteiger partial charge in [0.1, 0.15) is 0 Å². The number of nitrogens with two attached hydrogens (primary N) is 1. The predicted molar refractivity (Wildman–Crippen MR) is 98.2 cm³/mol. The maximum absolute atomic E-state index is 12.2. The molecule has 1 aliphatic rings. The van der Waals surface area contributed by atoms with Gasteiger partial charge in [-0.25, -0.2) is 0 Å². The Bertz CT molecular complexity index is 553. The normalized spacial score (nSPS) is 18.3. The largest absolute Gasteiger partial charge is 0.369 e. The van der Waals surface area contributed by atoms with Gasteiger partial charge >= 0.3 is 0 Å². The number of hydrogen-bond donors (Lipinski definition) is 2. The molecule has 132 valence electrons. The quantitative estimate of drug-likeness (QED) is 0.543. The van der Waals surface area contributed by atoms with E-state index in [1.807, 2.05) is 29.2 Å². The lowest BCUT2D eigenvalue weighted by Crippen LogP contribution is -2.45. The Balaban J connectivity index is 1.62. The van der Waals surface area contributed by atoms with E-state index in [-0.39, 0.29) is 24.3 Å². The van der Waals surface area contributed by atoms with Crippen LogP contribution in [-0.2, 0) is 9.59 Å². The van der Waals surface area contributed by atoms with Gasteiger partial charge < -0.3 is 11.1 Å². The molecule has 0 bridgehead atoms. The van der Waals surface area contributed by atoms with Crippen LogP contribution in [0.25, 0.3) is 0 Å². The van der Waals surface area contributed by atoms with E-state index >= 15 is 0 Å². The average Bonchev–Trinajstić information content (AvgIpc) is 2.55. The summed E-state index contributed by atoms with van der Waals surface area (Å²) in [6.07, 6.45) is 2.72. The van der Waals surface area contributed by atoms with Crippen molar-refractivity contribution in [3.05, 3.63) is 29.3 Å². The number of primary amides is 1. The molecule has 1 saturated heterocycles. The molecule has 1 heterocycles. The maximum atomic E-state index is 12.2. The Morgan fingerprint density at radius 3 is 2.79 bits per heavy atom. The van der Waals surface area contributed by atoms with Crippen molar-refractivity contribution in [3.63, 3.8) is 0 Å². The van der Waals surface area contributed by atoms with E-state index in [1.165, 1.54) is 4.90 Å². The highest BCUT2D eigenvalue weighted by molar-refractivity contribution is 7.99. The topological polar surface area (TPSA) is 75.4 Å². The summed E-state index contributed by atoms with van der Waals surface area (Å²) in [6.45, 7) is 2.37. The van der Waals surface area contributed by atoms with Crippen molar-refractivity contribution in [2.45, 2.75) is 24.2 Å². The summed E-state index contributed by atoms with van der Waals surface area (Å²) < 4.78 is 0. The van der Waals surface area contributed by atoms with E-state index < -0.39 is 0 Å². The molecule has 0 spiro atoms. The lowest BCUT2D eigenvalue weighted by atomic mass is 9.97. The predicted octanol–water partition coefficient (Wildman–Crippen LogP) is 2.14. The minimum absolute atomic E-state index is 0.0398. The molecule has 0 unspecified atom stereocenters. The Kier molecular flexibility index (Phi) is 7.88. The zero-order valence-corrected chi connectivity index (χ0v) is 15.2. The second-order valence-electron chi connectivity index (χ2n) is 5.99. The van der Waals surface area contributed by atoms with Crippen LogP contribution in [0.1, 0.15) is 19.3 Å². The average molecular weight is 370 g/mol. The molecule has 3 N–H and O–H groups in total. The first-order valence-electron chi connectivity index (χ1n) is 8.21. The first-order chi connectivity index (χ1) is 11.5. The van der Waals surface area contributed by atoms with E-state index in [4.69, 9.17) is 17.3 Å². The van der Waals surface area contributed by atoms with Crippen LogP contribution >= 0.6 is 23.4 Å². The van der Waals surface area contributed by atoms with Gasteiger partial charge in [-0.1, -0.05) is 11.6 Å². The molecule has 1 atom stereocenters. The van der Waals surface area contributed by atoms with Crippen LogP contribution in [0.15, 0.2) is 29.2 Å². The molecule has 5 nitrogen and oxygen atoms in total. The van der Waals surface area contributed by atoms with E-state index in [2.05, 4.69) is 5.32 Å². The lowest BCUT2D eigenvalue weighted by molar-refractivity contribution is -0.128. The van der Waals surface area contributed by atoms with Gasteiger partial charge in [-0.05, 0) is 55.8 Å². The fourth-order valence-corrected chi connectivity index (χ4v) is 3.76. The van der Waals surface area contributed by atoms with Crippen molar-refractivity contribution in [1.29, 1.82) is 0 Å². The zero-order chi connectivity index (χ0) is 17.4. The number of halogens is 1. The number of likely N-dealkylation sites (tertiary alicyclic amines) is 1. The highest BCUT2D eigenvalue weighted by Gasteiger charge is 2.25. The SMILES string of the molecule is NC(=O)CN1CCC[C@H](C(=O)NCCCSc2ccc(Cl)cc2)C1. The van der Waals surface area contributed by atoms with E-state index in [0.717, 1.165) is 36.6 Å². The summed E-state index contributed by atoms with van der Waals surface area (Å²) in [5.41, 5.74) is 5.22. The molecule has 24 heavy (non-hydrogen) atoms. The fraction of sp³-hybridized carbons (Fsp3) is 0.529. The van der Waals surface area contributed by atoms with Gasteiger partial charge in [0.2, 0.25) is 11.8 Å². The summed E-state index contributed by atoms with van der Waals surface area (Å²) >= 11 is 7.61. The van der Waals surface area contributed by atoms with Crippen LogP contribution < -0.4 is 11.1 Å². The first-order valence-corrected chi connectivity index (χ1v) is 9.57. The van der Waals surface area contributed by atoms with Crippen LogP contribution in [0.2, 0.25) is 5.02 Å². The number of carbonyl (C=O) groups excluding carboxylic acids is 2. The van der Waals surface area contributed by atoms with Crippen molar-refractivity contribution >= 4 is 35.2 Å². The molecule has 1 aromatic carbocycles. The number of benzene rings is 1. The van der Waals surface area contributed by atoms with Crippen molar-refractivity contribution < 1.29 is 9.59 Å². The third kappa shape index (κ3) is 6.71. The number of nitrogens with one attached hydrogen (secondary N) is 1. The summed E-state index contributed by atoms with van der Waals surface area (Å²) in [5.74, 6) is 0.651. The third-order valence-corrected chi connectivity index (χ3v) is 5.31. The molecule has 0 aromatic heterocycles. The van der Waals surface area contributed by atoms with Gasteiger partial charge in [-0.15, -0.1) is 11.8 Å². The number of piperidine rings is 1. The summed E-state index contributed by atoms with van der Waals surface area (Å²) in [5, 5.41) is 3.75. The molecule has 0 radical (unpaired) electrons. The third-order valence-electron chi connectivity index (χ3n) is 3.96. The van der Waals surface area contributed by atoms with Gasteiger partial charge in [-0.3, -0.25) is 14.5 Å². The molecule has 7 heteroatoms. The first kappa shape index (κ1) is 19.1. The molecular weight excluding hydrogens is 346 g/mol. The molecule has 0 saturated carbocycles. The zero-order valence-electron chi connectivity index (χ0n) is 13.7. The van der Waals surface area contributed by atoms with Gasteiger partial charge in [0.05, 0.1) is 12.5 Å². The van der Waals surface area contributed by atoms with Crippen LogP contribution in [0.5, 0.6) is 0 Å². The molecule has 1 aromatic rings. The Hall–Kier alpha value is -1.24. The molecule has 2 amide bonds. The van der Waals surface area contributed by atoms with E-state index in [0.29, 0.717) is 13.1 Å². The molecule has 2 rings (SSSR count). The molecule has 1 fully saturated rings. The van der Waals surface area contributed by atoms with E-state index in [9.17, 15) is 9.59 Å².